The second-order valence-corrected chi connectivity index (χ2v) is 8.05. The molecule has 0 saturated heterocycles. The topological polar surface area (TPSA) is 29.5 Å². The van der Waals surface area contributed by atoms with Crippen LogP contribution in [0.2, 0.25) is 0 Å². The fourth-order valence-corrected chi connectivity index (χ4v) is 4.20. The Morgan fingerprint density at radius 2 is 1.79 bits per heavy atom. The summed E-state index contributed by atoms with van der Waals surface area (Å²) >= 11 is 0. The minimum atomic E-state index is -0.478. The van der Waals surface area contributed by atoms with E-state index in [9.17, 15) is 4.79 Å². The fourth-order valence-electron chi connectivity index (χ4n) is 4.20. The van der Waals surface area contributed by atoms with Gasteiger partial charge in [0.2, 0.25) is 0 Å². The van der Waals surface area contributed by atoms with Crippen LogP contribution in [-0.4, -0.2) is 23.1 Å². The summed E-state index contributed by atoms with van der Waals surface area (Å²) < 4.78 is 5.62. The lowest BCUT2D eigenvalue weighted by Crippen LogP contribution is -2.47. The Bertz CT molecular complexity index is 834. The van der Waals surface area contributed by atoms with Gasteiger partial charge in [-0.15, -0.1) is 0 Å². The molecular formula is C21H23NO2. The van der Waals surface area contributed by atoms with E-state index in [1.807, 2.05) is 25.7 Å². The Balaban J connectivity index is 1.81. The molecule has 4 rings (SSSR count). The Kier molecular flexibility index (Phi) is 3.08. The largest absolute Gasteiger partial charge is 0.444 e. The molecule has 1 unspecified atom stereocenters. The standard InChI is InChI=1S/C21H23NO2/c1-20(2,3)24-19(23)22-12-14-8-7-10-16-15-9-5-6-11-17(15)21(4,13-22)18(14)16/h5-11H,12-13H2,1-4H3. The molecule has 3 nitrogen and oxygen atoms in total. The van der Waals surface area contributed by atoms with Crippen molar-refractivity contribution in [2.24, 2.45) is 0 Å². The summed E-state index contributed by atoms with van der Waals surface area (Å²) in [5.74, 6) is 0. The van der Waals surface area contributed by atoms with Crippen LogP contribution in [0.3, 0.4) is 0 Å². The second kappa shape index (κ2) is 4.85. The zero-order valence-electron chi connectivity index (χ0n) is 14.7. The van der Waals surface area contributed by atoms with Gasteiger partial charge in [0.1, 0.15) is 5.60 Å². The Morgan fingerprint density at radius 3 is 2.54 bits per heavy atom. The first-order chi connectivity index (χ1) is 11.3. The zero-order chi connectivity index (χ0) is 17.1. The minimum absolute atomic E-state index is 0.169. The summed E-state index contributed by atoms with van der Waals surface area (Å²) in [4.78, 5) is 14.5. The van der Waals surface area contributed by atoms with E-state index < -0.39 is 5.60 Å². The van der Waals surface area contributed by atoms with Gasteiger partial charge in [-0.2, -0.15) is 0 Å². The van der Waals surface area contributed by atoms with Crippen LogP contribution in [0.25, 0.3) is 11.1 Å². The quantitative estimate of drug-likeness (QED) is 0.702. The summed E-state index contributed by atoms with van der Waals surface area (Å²) in [6, 6.07) is 15.0. The third-order valence-electron chi connectivity index (χ3n) is 5.03. The van der Waals surface area contributed by atoms with Gasteiger partial charge < -0.3 is 9.64 Å². The number of carbonyl (C=O) groups excluding carboxylic acids is 1. The molecule has 1 heterocycles. The van der Waals surface area contributed by atoms with Crippen LogP contribution in [0.15, 0.2) is 42.5 Å². The number of amides is 1. The van der Waals surface area contributed by atoms with E-state index in [0.29, 0.717) is 13.1 Å². The van der Waals surface area contributed by atoms with Crippen molar-refractivity contribution in [2.75, 3.05) is 6.54 Å². The number of fused-ring (bicyclic) bond motifs is 3. The molecule has 0 spiro atoms. The number of rotatable bonds is 0. The van der Waals surface area contributed by atoms with Crippen molar-refractivity contribution in [3.63, 3.8) is 0 Å². The highest BCUT2D eigenvalue weighted by Gasteiger charge is 2.46. The average molecular weight is 321 g/mol. The van der Waals surface area contributed by atoms with Crippen molar-refractivity contribution in [3.05, 3.63) is 59.2 Å². The van der Waals surface area contributed by atoms with Gasteiger partial charge >= 0.3 is 6.09 Å². The average Bonchev–Trinajstić information content (AvgIpc) is 2.77. The van der Waals surface area contributed by atoms with Crippen LogP contribution in [0.4, 0.5) is 4.79 Å². The fraction of sp³-hybridized carbons (Fsp3) is 0.381. The molecule has 0 aromatic heterocycles. The molecule has 0 N–H and O–H groups in total. The van der Waals surface area contributed by atoms with Crippen molar-refractivity contribution in [1.82, 2.24) is 4.90 Å². The van der Waals surface area contributed by atoms with E-state index in [-0.39, 0.29) is 11.5 Å². The molecule has 124 valence electrons. The molecule has 2 aromatic carbocycles. The zero-order valence-corrected chi connectivity index (χ0v) is 14.7. The first-order valence-electron chi connectivity index (χ1n) is 8.50. The van der Waals surface area contributed by atoms with Crippen LogP contribution in [0.5, 0.6) is 0 Å². The number of hydrogen-bond acceptors (Lipinski definition) is 2. The predicted molar refractivity (Wildman–Crippen MR) is 95.0 cm³/mol. The molecule has 0 fully saturated rings. The summed E-state index contributed by atoms with van der Waals surface area (Å²) in [7, 11) is 0. The lowest BCUT2D eigenvalue weighted by atomic mass is 9.75. The maximum atomic E-state index is 12.7. The molecule has 2 aromatic rings. The monoisotopic (exact) mass is 321 g/mol. The predicted octanol–water partition coefficient (Wildman–Crippen LogP) is 4.72. The van der Waals surface area contributed by atoms with Crippen molar-refractivity contribution >= 4 is 6.09 Å². The minimum Gasteiger partial charge on any atom is -0.444 e. The van der Waals surface area contributed by atoms with E-state index in [4.69, 9.17) is 4.74 Å². The lowest BCUT2D eigenvalue weighted by molar-refractivity contribution is 0.0185. The first kappa shape index (κ1) is 15.3. The van der Waals surface area contributed by atoms with Gasteiger partial charge in [0.25, 0.3) is 0 Å². The van der Waals surface area contributed by atoms with Crippen LogP contribution in [0.1, 0.15) is 44.4 Å². The van der Waals surface area contributed by atoms with Gasteiger partial charge in [-0.3, -0.25) is 0 Å². The molecule has 2 aliphatic rings. The normalized spacial score (nSPS) is 21.2. The van der Waals surface area contributed by atoms with E-state index in [2.05, 4.69) is 49.4 Å². The van der Waals surface area contributed by atoms with Crippen molar-refractivity contribution in [3.8, 4) is 11.1 Å². The van der Waals surface area contributed by atoms with Gasteiger partial charge in [-0.05, 0) is 55.5 Å². The van der Waals surface area contributed by atoms with Crippen LogP contribution in [-0.2, 0) is 16.7 Å². The lowest BCUT2D eigenvalue weighted by Gasteiger charge is -2.40. The summed E-state index contributed by atoms with van der Waals surface area (Å²) in [5.41, 5.74) is 5.87. The van der Waals surface area contributed by atoms with E-state index in [1.165, 1.54) is 27.8 Å². The summed E-state index contributed by atoms with van der Waals surface area (Å²) in [6.45, 7) is 9.25. The van der Waals surface area contributed by atoms with E-state index >= 15 is 0 Å². The maximum absolute atomic E-state index is 12.7. The highest BCUT2D eigenvalue weighted by Crippen LogP contribution is 2.52. The van der Waals surface area contributed by atoms with Crippen LogP contribution < -0.4 is 0 Å². The highest BCUT2D eigenvalue weighted by atomic mass is 16.6. The molecule has 24 heavy (non-hydrogen) atoms. The number of hydrogen-bond donors (Lipinski definition) is 0. The third kappa shape index (κ3) is 2.15. The van der Waals surface area contributed by atoms with E-state index in [0.717, 1.165) is 0 Å². The number of ether oxygens (including phenoxy) is 1. The molecule has 1 amide bonds. The molecule has 0 saturated carbocycles. The highest BCUT2D eigenvalue weighted by molar-refractivity contribution is 5.83. The molecule has 3 heteroatoms. The molecule has 1 atom stereocenters. The second-order valence-electron chi connectivity index (χ2n) is 8.05. The van der Waals surface area contributed by atoms with Gasteiger partial charge in [-0.1, -0.05) is 42.5 Å². The Hall–Kier alpha value is -2.29. The SMILES string of the molecule is CC(C)(C)OC(=O)N1Cc2cccc3c2C(C)(C1)c1ccccc1-3. The van der Waals surface area contributed by atoms with E-state index in [1.54, 1.807) is 0 Å². The van der Waals surface area contributed by atoms with Crippen LogP contribution >= 0.6 is 0 Å². The molecule has 0 radical (unpaired) electrons. The van der Waals surface area contributed by atoms with Gasteiger partial charge in [0, 0.05) is 18.5 Å². The van der Waals surface area contributed by atoms with Crippen molar-refractivity contribution in [1.29, 1.82) is 0 Å². The van der Waals surface area contributed by atoms with Crippen molar-refractivity contribution < 1.29 is 9.53 Å². The van der Waals surface area contributed by atoms with Crippen molar-refractivity contribution in [2.45, 2.75) is 45.3 Å². The Morgan fingerprint density at radius 1 is 1.08 bits per heavy atom. The number of benzene rings is 2. The molecule has 1 aliphatic carbocycles. The van der Waals surface area contributed by atoms with Crippen LogP contribution in [0, 0.1) is 0 Å². The Labute approximate surface area is 143 Å². The molecule has 1 aliphatic heterocycles. The van der Waals surface area contributed by atoms with Gasteiger partial charge in [-0.25, -0.2) is 4.79 Å². The third-order valence-corrected chi connectivity index (χ3v) is 5.03. The van der Waals surface area contributed by atoms with Gasteiger partial charge in [0.05, 0.1) is 0 Å². The maximum Gasteiger partial charge on any atom is 0.410 e. The smallest absolute Gasteiger partial charge is 0.410 e. The summed E-state index contributed by atoms with van der Waals surface area (Å²) in [6.07, 6.45) is -0.232. The van der Waals surface area contributed by atoms with Gasteiger partial charge in [0.15, 0.2) is 0 Å². The first-order valence-corrected chi connectivity index (χ1v) is 8.50. The number of carbonyl (C=O) groups is 1. The summed E-state index contributed by atoms with van der Waals surface area (Å²) in [5, 5.41) is 0. The molecule has 0 bridgehead atoms. The number of nitrogens with zero attached hydrogens (tertiary/aromatic N) is 1. The molecular weight excluding hydrogens is 298 g/mol.